The molecule has 0 N–H and O–H groups in total. The number of para-hydroxylation sites is 6. The summed E-state index contributed by atoms with van der Waals surface area (Å²) in [4.78, 5) is 29.9. The minimum absolute atomic E-state index is 0.628. The number of aromatic nitrogens is 10. The zero-order valence-corrected chi connectivity index (χ0v) is 69.6. The fourth-order valence-electron chi connectivity index (χ4n) is 19.4. The first-order valence-corrected chi connectivity index (χ1v) is 44.3. The van der Waals surface area contributed by atoms with Gasteiger partial charge in [-0.2, -0.15) is 0 Å². The summed E-state index contributed by atoms with van der Waals surface area (Å²) in [6.07, 6.45) is 0. The van der Waals surface area contributed by atoms with Crippen molar-refractivity contribution in [3.8, 4) is 102 Å². The van der Waals surface area contributed by atoms with E-state index >= 15 is 0 Å². The van der Waals surface area contributed by atoms with Crippen molar-refractivity contribution >= 4 is 172 Å². The molecule has 27 rings (SSSR count). The fraction of sp³-hybridized carbons (Fsp3) is 0. The molecule has 0 atom stereocenters. The number of fused-ring (bicyclic) bond motifs is 23. The van der Waals surface area contributed by atoms with Crippen molar-refractivity contribution in [1.29, 1.82) is 0 Å². The molecule has 9 heterocycles. The van der Waals surface area contributed by atoms with E-state index in [9.17, 15) is 0 Å². The number of hydrogen-bond donors (Lipinski definition) is 0. The zero-order chi connectivity index (χ0) is 83.3. The van der Waals surface area contributed by atoms with Gasteiger partial charge in [0.05, 0.1) is 44.1 Å². The highest BCUT2D eigenvalue weighted by Crippen LogP contribution is 2.48. The lowest BCUT2D eigenvalue weighted by atomic mass is 10.00. The molecule has 0 radical (unpaired) electrons. The molecule has 0 aliphatic rings. The Labute approximate surface area is 734 Å². The van der Waals surface area contributed by atoms with E-state index in [2.05, 4.69) is 309 Å². The van der Waals surface area contributed by atoms with Crippen molar-refractivity contribution < 1.29 is 4.42 Å². The predicted molar refractivity (Wildman–Crippen MR) is 528 cm³/mol. The summed E-state index contributed by atoms with van der Waals surface area (Å²) in [7, 11) is 0. The maximum absolute atomic E-state index is 7.09. The molecular weight excluding hydrogens is 1590 g/mol. The average Bonchev–Trinajstić information content (AvgIpc) is 1.56. The molecule has 0 aliphatic heterocycles. The minimum atomic E-state index is 0.628. The predicted octanol–water partition coefficient (Wildman–Crippen LogP) is 30.4. The van der Waals surface area contributed by atoms with Crippen LogP contribution in [-0.2, 0) is 0 Å². The van der Waals surface area contributed by atoms with E-state index in [-0.39, 0.29) is 0 Å². The van der Waals surface area contributed by atoms with Crippen LogP contribution >= 0.6 is 22.7 Å². The third kappa shape index (κ3) is 11.7. The molecule has 27 aromatic rings. The fourth-order valence-corrected chi connectivity index (χ4v) is 21.7. The molecule has 592 valence electrons. The average molecular weight is 1660 g/mol. The second-order valence-corrected chi connectivity index (χ2v) is 34.5. The Bertz CT molecular complexity index is 9030. The second kappa shape index (κ2) is 29.0. The van der Waals surface area contributed by atoms with Gasteiger partial charge in [-0.05, 0) is 151 Å². The first-order valence-electron chi connectivity index (χ1n) is 42.6. The molecule has 11 nitrogen and oxygen atoms in total. The highest BCUT2D eigenvalue weighted by Gasteiger charge is 2.26. The highest BCUT2D eigenvalue weighted by atomic mass is 32.1. The molecule has 18 aromatic carbocycles. The summed E-state index contributed by atoms with van der Waals surface area (Å²) in [5.41, 5.74) is 23.3. The number of rotatable bonds is 11. The molecule has 13 heteroatoms. The Hall–Kier alpha value is -16.6. The van der Waals surface area contributed by atoms with E-state index in [1.54, 1.807) is 0 Å². The van der Waals surface area contributed by atoms with Crippen LogP contribution in [0.4, 0.5) is 0 Å². The Morgan fingerprint density at radius 3 is 1.14 bits per heavy atom. The smallest absolute Gasteiger partial charge is 0.164 e. The van der Waals surface area contributed by atoms with Gasteiger partial charge in [-0.15, -0.1) is 22.7 Å². The van der Waals surface area contributed by atoms with Gasteiger partial charge in [0.2, 0.25) is 0 Å². The number of furan rings is 1. The number of thiophene rings is 2. The molecule has 0 bridgehead atoms. The van der Waals surface area contributed by atoms with Gasteiger partial charge >= 0.3 is 0 Å². The highest BCUT2D eigenvalue weighted by molar-refractivity contribution is 7.27. The standard InChI is InChI=1S/C57H35N5O.C57H33N5S2/c1-4-15-36(16-5-1)55-58-56(37-17-6-2-7-18-37)60-57(59-55)38-27-30-41(31-28-38)61-49-25-12-11-22-44(49)48-35-39(29-34-51(48)61)42-23-14-24-46-47-33-32-45-43-21-10-13-26-50(43)62(40-19-8-3-9-20-40)52(45)54(47)63-53(42)46;1-3-13-34(14-4-1)55-58-56(35-15-5-2-6-16-35)60-57(59-55)36-23-29-51-44(31-36)45-33-38(25-30-52(45)63-51)61-46-20-10-7-17-39(46)43-32-37(24-27-48(43)61)62-47-21-11-8-19-42(47)53-49(62)28-26-41-40-18-9-12-22-50(40)64-54(41)53/h1-35H;1-33H. The maximum atomic E-state index is 7.09. The lowest BCUT2D eigenvalue weighted by Gasteiger charge is -2.11. The van der Waals surface area contributed by atoms with Crippen LogP contribution in [0.2, 0.25) is 0 Å². The van der Waals surface area contributed by atoms with Crippen LogP contribution < -0.4 is 0 Å². The lowest BCUT2D eigenvalue weighted by Crippen LogP contribution is -2.00. The molecule has 0 aliphatic carbocycles. The van der Waals surface area contributed by atoms with Gasteiger partial charge in [-0.3, -0.25) is 0 Å². The van der Waals surface area contributed by atoms with E-state index < -0.39 is 0 Å². The van der Waals surface area contributed by atoms with Gasteiger partial charge in [0.1, 0.15) is 5.58 Å². The molecular formula is C114H68N10OS2. The number of benzene rings is 18. The molecule has 0 amide bonds. The second-order valence-electron chi connectivity index (χ2n) is 32.4. The summed E-state index contributed by atoms with van der Waals surface area (Å²) < 4.78 is 21.8. The van der Waals surface area contributed by atoms with E-state index in [1.165, 1.54) is 106 Å². The SMILES string of the molecule is c1ccc(-c2nc(-c3ccccc3)nc(-c3ccc(-n4c5ccccc5c5cc(-c6cccc7c6oc6c7ccc7c8ccccc8n(-c8ccccc8)c76)ccc54)cc3)n2)cc1.c1ccc(-c2nc(-c3ccccc3)nc(-c3ccc4sc5ccc(-n6c7ccccc7c7cc(-n8c9ccccc9c9c%10sc%11ccccc%11c%10ccc98)ccc76)cc5c4c3)n2)cc1. The summed E-state index contributed by atoms with van der Waals surface area (Å²) in [5.74, 6) is 3.88. The molecule has 0 saturated heterocycles. The normalized spacial score (nSPS) is 11.9. The number of nitrogens with zero attached hydrogens (tertiary/aromatic N) is 10. The Morgan fingerprint density at radius 2 is 0.543 bits per heavy atom. The van der Waals surface area contributed by atoms with Gasteiger partial charge in [0.15, 0.2) is 40.5 Å². The molecule has 0 fully saturated rings. The van der Waals surface area contributed by atoms with Crippen molar-refractivity contribution in [2.24, 2.45) is 0 Å². The van der Waals surface area contributed by atoms with E-state index in [1.807, 2.05) is 144 Å². The van der Waals surface area contributed by atoms with Crippen LogP contribution in [0, 0.1) is 0 Å². The summed E-state index contributed by atoms with van der Waals surface area (Å²) in [6, 6.07) is 146. The van der Waals surface area contributed by atoms with Crippen LogP contribution in [0.15, 0.2) is 417 Å². The molecule has 0 spiro atoms. The number of hydrogen-bond acceptors (Lipinski definition) is 9. The van der Waals surface area contributed by atoms with Crippen LogP contribution in [0.5, 0.6) is 0 Å². The quantitative estimate of drug-likeness (QED) is 0.127. The van der Waals surface area contributed by atoms with Crippen LogP contribution in [0.1, 0.15) is 0 Å². The van der Waals surface area contributed by atoms with E-state index in [0.717, 1.165) is 111 Å². The van der Waals surface area contributed by atoms with Crippen molar-refractivity contribution in [3.05, 3.63) is 413 Å². The van der Waals surface area contributed by atoms with Crippen LogP contribution in [0.3, 0.4) is 0 Å². The summed E-state index contributed by atoms with van der Waals surface area (Å²) >= 11 is 3.71. The monoisotopic (exact) mass is 1660 g/mol. The third-order valence-corrected chi connectivity index (χ3v) is 27.5. The first-order chi connectivity index (χ1) is 63.0. The largest absolute Gasteiger partial charge is 0.453 e. The van der Waals surface area contributed by atoms with Crippen LogP contribution in [0.25, 0.3) is 252 Å². The Morgan fingerprint density at radius 1 is 0.189 bits per heavy atom. The molecule has 127 heavy (non-hydrogen) atoms. The molecule has 0 unspecified atom stereocenters. The Balaban J connectivity index is 0.000000135. The zero-order valence-electron chi connectivity index (χ0n) is 68.0. The van der Waals surface area contributed by atoms with Crippen molar-refractivity contribution in [3.63, 3.8) is 0 Å². The van der Waals surface area contributed by atoms with Gasteiger partial charge in [0, 0.05) is 156 Å². The summed E-state index contributed by atoms with van der Waals surface area (Å²) in [6.45, 7) is 0. The van der Waals surface area contributed by atoms with E-state index in [0.29, 0.717) is 34.9 Å². The molecule has 0 saturated carbocycles. The van der Waals surface area contributed by atoms with Gasteiger partial charge in [-0.1, -0.05) is 267 Å². The summed E-state index contributed by atoms with van der Waals surface area (Å²) in [5, 5.41) is 17.0. The van der Waals surface area contributed by atoms with Gasteiger partial charge in [-0.25, -0.2) is 29.9 Å². The first kappa shape index (κ1) is 72.1. The van der Waals surface area contributed by atoms with Crippen LogP contribution in [-0.4, -0.2) is 48.2 Å². The third-order valence-electron chi connectivity index (χ3n) is 25.1. The van der Waals surface area contributed by atoms with Gasteiger partial charge < -0.3 is 22.7 Å². The van der Waals surface area contributed by atoms with Gasteiger partial charge in [0.25, 0.3) is 0 Å². The molecule has 9 aromatic heterocycles. The minimum Gasteiger partial charge on any atom is -0.453 e. The van der Waals surface area contributed by atoms with Crippen molar-refractivity contribution in [2.75, 3.05) is 0 Å². The van der Waals surface area contributed by atoms with Crippen molar-refractivity contribution in [1.82, 2.24) is 48.2 Å². The lowest BCUT2D eigenvalue weighted by molar-refractivity contribution is 0.672. The van der Waals surface area contributed by atoms with E-state index in [4.69, 9.17) is 34.3 Å². The maximum Gasteiger partial charge on any atom is 0.164 e. The van der Waals surface area contributed by atoms with Crippen molar-refractivity contribution in [2.45, 2.75) is 0 Å². The topological polar surface area (TPSA) is 110 Å². The Kier molecular flexibility index (Phi) is 16.5.